The van der Waals surface area contributed by atoms with Crippen LogP contribution in [-0.4, -0.2) is 29.6 Å². The number of hydrogen-bond acceptors (Lipinski definition) is 4. The van der Waals surface area contributed by atoms with Gasteiger partial charge in [-0.25, -0.2) is 4.98 Å². The minimum atomic E-state index is 0.754. The Balaban J connectivity index is 2.15. The number of aryl methyl sites for hydroxylation is 1. The zero-order valence-corrected chi connectivity index (χ0v) is 11.7. The second-order valence-electron chi connectivity index (χ2n) is 5.24. The van der Waals surface area contributed by atoms with Crippen molar-refractivity contribution in [1.29, 1.82) is 0 Å². The van der Waals surface area contributed by atoms with E-state index in [1.807, 2.05) is 6.92 Å². The molecule has 1 aliphatic rings. The van der Waals surface area contributed by atoms with Gasteiger partial charge in [-0.1, -0.05) is 6.92 Å². The summed E-state index contributed by atoms with van der Waals surface area (Å²) >= 11 is 0. The Morgan fingerprint density at radius 3 is 2.94 bits per heavy atom. The largest absolute Gasteiger partial charge is 0.356 e. The lowest BCUT2D eigenvalue weighted by molar-refractivity contribution is 0.521. The fraction of sp³-hybridized carbons (Fsp3) is 0.714. The van der Waals surface area contributed by atoms with Crippen molar-refractivity contribution in [2.75, 3.05) is 29.9 Å². The van der Waals surface area contributed by atoms with Crippen molar-refractivity contribution in [3.63, 3.8) is 0 Å². The maximum Gasteiger partial charge on any atom is 0.224 e. The molecule has 100 valence electrons. The van der Waals surface area contributed by atoms with Gasteiger partial charge in [0.25, 0.3) is 0 Å². The van der Waals surface area contributed by atoms with Crippen molar-refractivity contribution in [2.24, 2.45) is 5.92 Å². The number of nitrogens with zero attached hydrogens (tertiary/aromatic N) is 3. The molecular weight excluding hydrogens is 224 g/mol. The van der Waals surface area contributed by atoms with Gasteiger partial charge in [0.15, 0.2) is 0 Å². The molecule has 1 fully saturated rings. The van der Waals surface area contributed by atoms with E-state index >= 15 is 0 Å². The van der Waals surface area contributed by atoms with Gasteiger partial charge in [0.1, 0.15) is 5.82 Å². The molecule has 0 aliphatic carbocycles. The summed E-state index contributed by atoms with van der Waals surface area (Å²) in [5.41, 5.74) is 1.04. The van der Waals surface area contributed by atoms with E-state index < -0.39 is 0 Å². The summed E-state index contributed by atoms with van der Waals surface area (Å²) in [7, 11) is 0. The fourth-order valence-corrected chi connectivity index (χ4v) is 2.44. The Morgan fingerprint density at radius 2 is 2.17 bits per heavy atom. The smallest absolute Gasteiger partial charge is 0.224 e. The molecule has 1 aliphatic heterocycles. The minimum Gasteiger partial charge on any atom is -0.356 e. The highest BCUT2D eigenvalue weighted by atomic mass is 15.2. The lowest BCUT2D eigenvalue weighted by atomic mass is 10.0. The molecule has 1 atom stereocenters. The van der Waals surface area contributed by atoms with Crippen LogP contribution in [0.5, 0.6) is 0 Å². The van der Waals surface area contributed by atoms with Crippen LogP contribution >= 0.6 is 0 Å². The second kappa shape index (κ2) is 6.03. The van der Waals surface area contributed by atoms with Crippen LogP contribution < -0.4 is 10.2 Å². The zero-order valence-electron chi connectivity index (χ0n) is 11.7. The molecule has 0 amide bonds. The first kappa shape index (κ1) is 13.1. The zero-order chi connectivity index (χ0) is 13.0. The van der Waals surface area contributed by atoms with Crippen molar-refractivity contribution in [1.82, 2.24) is 9.97 Å². The highest BCUT2D eigenvalue weighted by molar-refractivity contribution is 5.44. The SMILES string of the molecule is CCNc1nc(C)cc(N2CCCC(C)CC2)n1. The van der Waals surface area contributed by atoms with E-state index in [4.69, 9.17) is 0 Å². The van der Waals surface area contributed by atoms with Gasteiger partial charge in [0, 0.05) is 31.4 Å². The summed E-state index contributed by atoms with van der Waals surface area (Å²) in [5.74, 6) is 2.67. The summed E-state index contributed by atoms with van der Waals surface area (Å²) in [6.45, 7) is 9.54. The van der Waals surface area contributed by atoms with Gasteiger partial charge in [-0.3, -0.25) is 0 Å². The summed E-state index contributed by atoms with van der Waals surface area (Å²) in [6.07, 6.45) is 3.86. The van der Waals surface area contributed by atoms with Crippen molar-refractivity contribution in [3.8, 4) is 0 Å². The predicted octanol–water partition coefficient (Wildman–Crippen LogP) is 2.84. The molecule has 2 heterocycles. The molecule has 0 radical (unpaired) electrons. The molecule has 18 heavy (non-hydrogen) atoms. The first-order chi connectivity index (χ1) is 8.69. The van der Waals surface area contributed by atoms with Gasteiger partial charge in [0.05, 0.1) is 0 Å². The van der Waals surface area contributed by atoms with Crippen LogP contribution in [0.4, 0.5) is 11.8 Å². The fourth-order valence-electron chi connectivity index (χ4n) is 2.44. The van der Waals surface area contributed by atoms with Crippen molar-refractivity contribution in [2.45, 2.75) is 40.0 Å². The number of hydrogen-bond donors (Lipinski definition) is 1. The third kappa shape index (κ3) is 3.34. The van der Waals surface area contributed by atoms with Gasteiger partial charge in [-0.15, -0.1) is 0 Å². The molecule has 0 spiro atoms. The summed E-state index contributed by atoms with van der Waals surface area (Å²) < 4.78 is 0. The Bertz CT molecular complexity index is 391. The monoisotopic (exact) mass is 248 g/mol. The van der Waals surface area contributed by atoms with Gasteiger partial charge in [0.2, 0.25) is 5.95 Å². The maximum absolute atomic E-state index is 4.62. The van der Waals surface area contributed by atoms with Gasteiger partial charge in [-0.2, -0.15) is 4.98 Å². The molecule has 4 nitrogen and oxygen atoms in total. The van der Waals surface area contributed by atoms with Crippen molar-refractivity contribution < 1.29 is 0 Å². The van der Waals surface area contributed by atoms with E-state index in [2.05, 4.69) is 40.1 Å². The molecular formula is C14H24N4. The van der Waals surface area contributed by atoms with Crippen molar-refractivity contribution >= 4 is 11.8 Å². The van der Waals surface area contributed by atoms with Crippen LogP contribution in [0.3, 0.4) is 0 Å². The molecule has 1 aromatic heterocycles. The van der Waals surface area contributed by atoms with E-state index in [0.717, 1.165) is 43.0 Å². The average Bonchev–Trinajstić information content (AvgIpc) is 2.54. The summed E-state index contributed by atoms with van der Waals surface area (Å²) in [5, 5.41) is 3.20. The predicted molar refractivity (Wildman–Crippen MR) is 76.2 cm³/mol. The molecule has 0 saturated carbocycles. The van der Waals surface area contributed by atoms with Crippen molar-refractivity contribution in [3.05, 3.63) is 11.8 Å². The van der Waals surface area contributed by atoms with E-state index in [-0.39, 0.29) is 0 Å². The third-order valence-electron chi connectivity index (χ3n) is 3.52. The van der Waals surface area contributed by atoms with Crippen LogP contribution in [-0.2, 0) is 0 Å². The number of anilines is 2. The normalized spacial score (nSPS) is 20.6. The van der Waals surface area contributed by atoms with Crippen LogP contribution in [0.1, 0.15) is 38.8 Å². The first-order valence-electron chi connectivity index (χ1n) is 7.03. The molecule has 0 aromatic carbocycles. The van der Waals surface area contributed by atoms with Gasteiger partial charge < -0.3 is 10.2 Å². The molecule has 2 rings (SSSR count). The van der Waals surface area contributed by atoms with E-state index in [0.29, 0.717) is 0 Å². The number of aromatic nitrogens is 2. The Labute approximate surface area is 110 Å². The molecule has 1 saturated heterocycles. The maximum atomic E-state index is 4.62. The summed E-state index contributed by atoms with van der Waals surface area (Å²) in [4.78, 5) is 11.4. The topological polar surface area (TPSA) is 41.1 Å². The van der Waals surface area contributed by atoms with E-state index in [1.165, 1.54) is 19.3 Å². The van der Waals surface area contributed by atoms with Gasteiger partial charge in [-0.05, 0) is 39.0 Å². The molecule has 0 bridgehead atoms. The molecule has 1 N–H and O–H groups in total. The minimum absolute atomic E-state index is 0.754. The first-order valence-corrected chi connectivity index (χ1v) is 7.03. The number of rotatable bonds is 3. The van der Waals surface area contributed by atoms with E-state index in [1.54, 1.807) is 0 Å². The average molecular weight is 248 g/mol. The lowest BCUT2D eigenvalue weighted by Gasteiger charge is -2.22. The van der Waals surface area contributed by atoms with Crippen LogP contribution in [0.25, 0.3) is 0 Å². The second-order valence-corrected chi connectivity index (χ2v) is 5.24. The Morgan fingerprint density at radius 1 is 1.33 bits per heavy atom. The summed E-state index contributed by atoms with van der Waals surface area (Å²) in [6, 6.07) is 2.09. The number of nitrogens with one attached hydrogen (secondary N) is 1. The molecule has 4 heteroatoms. The van der Waals surface area contributed by atoms with Crippen LogP contribution in [0, 0.1) is 12.8 Å². The van der Waals surface area contributed by atoms with Crippen LogP contribution in [0.15, 0.2) is 6.07 Å². The molecule has 1 unspecified atom stereocenters. The third-order valence-corrected chi connectivity index (χ3v) is 3.52. The van der Waals surface area contributed by atoms with Crippen LogP contribution in [0.2, 0.25) is 0 Å². The van der Waals surface area contributed by atoms with E-state index in [9.17, 15) is 0 Å². The Hall–Kier alpha value is -1.32. The molecule has 1 aromatic rings. The highest BCUT2D eigenvalue weighted by Crippen LogP contribution is 2.22. The Kier molecular flexibility index (Phi) is 4.39. The standard InChI is InChI=1S/C14H24N4/c1-4-15-14-16-12(3)10-13(17-14)18-8-5-6-11(2)7-9-18/h10-11H,4-9H2,1-3H3,(H,15,16,17). The quantitative estimate of drug-likeness (QED) is 0.893. The highest BCUT2D eigenvalue weighted by Gasteiger charge is 2.16. The van der Waals surface area contributed by atoms with Gasteiger partial charge >= 0.3 is 0 Å². The lowest BCUT2D eigenvalue weighted by Crippen LogP contribution is -2.25.